The minimum atomic E-state index is -2.12. The molecule has 0 spiro atoms. The summed E-state index contributed by atoms with van der Waals surface area (Å²) in [4.78, 5) is 0. The highest BCUT2D eigenvalue weighted by molar-refractivity contribution is 7.81. The van der Waals surface area contributed by atoms with Crippen molar-refractivity contribution >= 4 is 35.7 Å². The second-order valence-electron chi connectivity index (χ2n) is 1.43. The zero-order valence-corrected chi connectivity index (χ0v) is 6.00. The zero-order chi connectivity index (χ0) is 6.85. The average Bonchev–Trinajstić information content (AvgIpc) is 2.14. The van der Waals surface area contributed by atoms with Crippen molar-refractivity contribution in [2.24, 2.45) is 0 Å². The van der Waals surface area contributed by atoms with Gasteiger partial charge in [0.25, 0.3) is 0 Å². The molecule has 1 atom stereocenters. The van der Waals surface area contributed by atoms with Crippen molar-refractivity contribution in [3.63, 3.8) is 0 Å². The van der Waals surface area contributed by atoms with Gasteiger partial charge in [0.05, 0.1) is 4.21 Å². The molecule has 1 unspecified atom stereocenters. The maximum Gasteiger partial charge on any atom is 0.115 e. The van der Waals surface area contributed by atoms with Crippen LogP contribution in [0.3, 0.4) is 0 Å². The van der Waals surface area contributed by atoms with Crippen LogP contribution < -0.4 is 5.46 Å². The molecule has 9 heavy (non-hydrogen) atoms. The molecular formula is C4H2BO2S2-. The first-order valence-corrected chi connectivity index (χ1v) is 4.09. The Morgan fingerprint density at radius 2 is 2.44 bits per heavy atom. The molecule has 0 bridgehead atoms. The van der Waals surface area contributed by atoms with Gasteiger partial charge in [-0.2, -0.15) is 0 Å². The fourth-order valence-electron chi connectivity index (χ4n) is 0.418. The van der Waals surface area contributed by atoms with Crippen molar-refractivity contribution < 1.29 is 8.76 Å². The van der Waals surface area contributed by atoms with Gasteiger partial charge in [-0.05, 0) is 22.5 Å². The predicted octanol–water partition coefficient (Wildman–Crippen LogP) is -0.220. The summed E-state index contributed by atoms with van der Waals surface area (Å²) in [5.74, 6) is 0. The summed E-state index contributed by atoms with van der Waals surface area (Å²) >= 11 is -1.000. The lowest BCUT2D eigenvalue weighted by atomic mass is 10.0. The molecule has 1 aromatic rings. The van der Waals surface area contributed by atoms with E-state index in [-0.39, 0.29) is 4.21 Å². The maximum absolute atomic E-state index is 10.2. The normalized spacial score (nSPS) is 13.4. The topological polar surface area (TPSA) is 40.1 Å². The van der Waals surface area contributed by atoms with Gasteiger partial charge in [-0.25, -0.2) is 0 Å². The van der Waals surface area contributed by atoms with E-state index in [1.165, 1.54) is 6.07 Å². The van der Waals surface area contributed by atoms with E-state index in [0.29, 0.717) is 5.46 Å². The van der Waals surface area contributed by atoms with E-state index in [9.17, 15) is 8.76 Å². The van der Waals surface area contributed by atoms with Crippen molar-refractivity contribution in [1.29, 1.82) is 0 Å². The van der Waals surface area contributed by atoms with E-state index in [1.807, 2.05) is 0 Å². The zero-order valence-electron chi connectivity index (χ0n) is 4.37. The van der Waals surface area contributed by atoms with Crippen LogP contribution in [0.25, 0.3) is 0 Å². The largest absolute Gasteiger partial charge is 0.768 e. The lowest BCUT2D eigenvalue weighted by Crippen LogP contribution is -1.94. The molecule has 0 aliphatic carbocycles. The number of thiophene rings is 1. The van der Waals surface area contributed by atoms with E-state index in [2.05, 4.69) is 0 Å². The summed E-state index contributed by atoms with van der Waals surface area (Å²) in [5, 5.41) is 1.59. The van der Waals surface area contributed by atoms with Crippen LogP contribution in [0, 0.1) is 0 Å². The van der Waals surface area contributed by atoms with E-state index in [4.69, 9.17) is 7.85 Å². The number of hydrogen-bond donors (Lipinski definition) is 0. The van der Waals surface area contributed by atoms with Gasteiger partial charge < -0.3 is 4.55 Å². The fraction of sp³-hybridized carbons (Fsp3) is 0. The lowest BCUT2D eigenvalue weighted by molar-refractivity contribution is 0.539. The van der Waals surface area contributed by atoms with Gasteiger partial charge in [0.2, 0.25) is 0 Å². The average molecular weight is 157 g/mol. The van der Waals surface area contributed by atoms with Crippen molar-refractivity contribution in [1.82, 2.24) is 0 Å². The first kappa shape index (κ1) is 6.99. The van der Waals surface area contributed by atoms with E-state index < -0.39 is 11.1 Å². The Hall–Kier alpha value is -0.125. The van der Waals surface area contributed by atoms with Crippen LogP contribution in [0.2, 0.25) is 0 Å². The van der Waals surface area contributed by atoms with Crippen molar-refractivity contribution in [2.75, 3.05) is 0 Å². The Morgan fingerprint density at radius 3 is 2.67 bits per heavy atom. The molecule has 46 valence electrons. The van der Waals surface area contributed by atoms with Gasteiger partial charge in [-0.1, -0.05) is 5.46 Å². The summed E-state index contributed by atoms with van der Waals surface area (Å²) in [5.41, 5.74) is 0.499. The number of hydrogen-bond acceptors (Lipinski definition) is 3. The highest BCUT2D eigenvalue weighted by Gasteiger charge is 1.92. The molecule has 0 aliphatic rings. The Morgan fingerprint density at radius 1 is 1.78 bits per heavy atom. The summed E-state index contributed by atoms with van der Waals surface area (Å²) in [7, 11) is 5.25. The molecule has 5 heteroatoms. The quantitative estimate of drug-likeness (QED) is 0.417. The van der Waals surface area contributed by atoms with Crippen molar-refractivity contribution in [2.45, 2.75) is 4.21 Å². The summed E-state index contributed by atoms with van der Waals surface area (Å²) in [6.07, 6.45) is 0. The van der Waals surface area contributed by atoms with E-state index >= 15 is 0 Å². The third-order valence-corrected chi connectivity index (χ3v) is 2.64. The van der Waals surface area contributed by atoms with Crippen LogP contribution >= 0.6 is 11.3 Å². The first-order chi connectivity index (χ1) is 4.20. The smallest absolute Gasteiger partial charge is 0.115 e. The molecule has 1 aromatic heterocycles. The van der Waals surface area contributed by atoms with Crippen LogP contribution in [0.1, 0.15) is 0 Å². The highest BCUT2D eigenvalue weighted by Crippen LogP contribution is 2.08. The van der Waals surface area contributed by atoms with Gasteiger partial charge in [0.15, 0.2) is 0 Å². The van der Waals surface area contributed by atoms with Gasteiger partial charge in [0, 0.05) is 0 Å². The molecule has 2 nitrogen and oxygen atoms in total. The van der Waals surface area contributed by atoms with Crippen LogP contribution in [-0.2, 0) is 11.1 Å². The minimum Gasteiger partial charge on any atom is -0.768 e. The standard InChI is InChI=1S/C4H3BO2S2/c5-3-1-4(8-2-3)9(6)7/h1-2H,(H,6,7)/p-1. The predicted molar refractivity (Wildman–Crippen MR) is 36.9 cm³/mol. The monoisotopic (exact) mass is 157 g/mol. The molecular weight excluding hydrogens is 155 g/mol. The van der Waals surface area contributed by atoms with Crippen molar-refractivity contribution in [3.8, 4) is 0 Å². The van der Waals surface area contributed by atoms with E-state index in [0.717, 1.165) is 11.3 Å². The van der Waals surface area contributed by atoms with Gasteiger partial charge in [0.1, 0.15) is 7.85 Å². The molecule has 0 fully saturated rings. The van der Waals surface area contributed by atoms with Gasteiger partial charge >= 0.3 is 0 Å². The van der Waals surface area contributed by atoms with Crippen LogP contribution in [0.4, 0.5) is 0 Å². The maximum atomic E-state index is 10.2. The Labute approximate surface area is 60.6 Å². The third kappa shape index (κ3) is 1.64. The third-order valence-electron chi connectivity index (χ3n) is 0.760. The van der Waals surface area contributed by atoms with Crippen LogP contribution in [0.5, 0.6) is 0 Å². The van der Waals surface area contributed by atoms with E-state index in [1.54, 1.807) is 5.38 Å². The summed E-state index contributed by atoms with van der Waals surface area (Å²) in [6.45, 7) is 0. The van der Waals surface area contributed by atoms with Gasteiger partial charge in [-0.15, -0.1) is 11.3 Å². The molecule has 1 rings (SSSR count). The summed E-state index contributed by atoms with van der Waals surface area (Å²) < 4.78 is 20.6. The second kappa shape index (κ2) is 2.64. The molecule has 0 aromatic carbocycles. The highest BCUT2D eigenvalue weighted by atomic mass is 32.2. The summed E-state index contributed by atoms with van der Waals surface area (Å²) in [6, 6.07) is 1.42. The SMILES string of the molecule is [B]c1csc(S(=O)[O-])c1. The second-order valence-corrected chi connectivity index (χ2v) is 3.51. The first-order valence-electron chi connectivity index (χ1n) is 2.13. The minimum absolute atomic E-state index is 0.285. The lowest BCUT2D eigenvalue weighted by Gasteiger charge is -1.97. The molecule has 0 aliphatic heterocycles. The Balaban J connectivity index is 2.98. The Kier molecular flexibility index (Phi) is 2.05. The van der Waals surface area contributed by atoms with Gasteiger partial charge in [-0.3, -0.25) is 4.21 Å². The van der Waals surface area contributed by atoms with Crippen molar-refractivity contribution in [3.05, 3.63) is 11.4 Å². The Bertz CT molecular complexity index is 232. The fourth-order valence-corrected chi connectivity index (χ4v) is 1.63. The molecule has 1 heterocycles. The van der Waals surface area contributed by atoms with Crippen LogP contribution in [0.15, 0.2) is 15.7 Å². The molecule has 0 saturated carbocycles. The molecule has 0 N–H and O–H groups in total. The molecule has 2 radical (unpaired) electrons. The molecule has 0 amide bonds. The molecule has 0 saturated heterocycles. The van der Waals surface area contributed by atoms with Crippen LogP contribution in [-0.4, -0.2) is 16.6 Å². The number of rotatable bonds is 1.